The third kappa shape index (κ3) is 4.62. The van der Waals surface area contributed by atoms with Crippen LogP contribution in [0.5, 0.6) is 5.75 Å². The fraction of sp³-hybridized carbons (Fsp3) is 0.412. The summed E-state index contributed by atoms with van der Waals surface area (Å²) in [5.41, 5.74) is 0.677. The highest BCUT2D eigenvalue weighted by atomic mass is 16.5. The Balaban J connectivity index is 1.98. The molecular weight excluding hydrogens is 280 g/mol. The Hall–Kier alpha value is -2.30. The van der Waals surface area contributed by atoms with Crippen LogP contribution in [0.3, 0.4) is 0 Å². The molecule has 0 bridgehead atoms. The molecule has 1 N–H and O–H groups in total. The topological polar surface area (TPSA) is 64.4 Å². The number of aryl methyl sites for hydroxylation is 1. The van der Waals surface area contributed by atoms with Gasteiger partial charge in [0.05, 0.1) is 13.3 Å². The highest BCUT2D eigenvalue weighted by Gasteiger charge is 2.15. The van der Waals surface area contributed by atoms with Gasteiger partial charge in [0.25, 0.3) is 0 Å². The first-order valence-corrected chi connectivity index (χ1v) is 7.27. The molecular formula is C17H22N2O3. The number of carbonyl (C=O) groups is 1. The van der Waals surface area contributed by atoms with Crippen molar-refractivity contribution in [2.45, 2.75) is 39.2 Å². The molecule has 0 spiro atoms. The van der Waals surface area contributed by atoms with Crippen LogP contribution in [0.2, 0.25) is 0 Å². The second kappa shape index (κ2) is 6.64. The summed E-state index contributed by atoms with van der Waals surface area (Å²) in [7, 11) is 1.62. The molecule has 0 aliphatic carbocycles. The van der Waals surface area contributed by atoms with Crippen LogP contribution >= 0.6 is 0 Å². The van der Waals surface area contributed by atoms with E-state index in [0.717, 1.165) is 11.3 Å². The van der Waals surface area contributed by atoms with Crippen molar-refractivity contribution in [3.63, 3.8) is 0 Å². The molecule has 5 nitrogen and oxygen atoms in total. The molecule has 0 atom stereocenters. The van der Waals surface area contributed by atoms with Gasteiger partial charge in [-0.1, -0.05) is 12.1 Å². The number of nitrogens with one attached hydrogen (secondary N) is 1. The minimum Gasteiger partial charge on any atom is -0.497 e. The number of ether oxygens (including phenoxy) is 1. The second-order valence-electron chi connectivity index (χ2n) is 6.15. The second-order valence-corrected chi connectivity index (χ2v) is 6.15. The summed E-state index contributed by atoms with van der Waals surface area (Å²) in [5, 5.41) is 2.92. The van der Waals surface area contributed by atoms with Gasteiger partial charge in [0, 0.05) is 23.9 Å². The fourth-order valence-electron chi connectivity index (χ4n) is 2.04. The Bertz CT molecular complexity index is 641. The third-order valence-electron chi connectivity index (χ3n) is 2.99. The first kappa shape index (κ1) is 16.1. The Morgan fingerprint density at radius 1 is 1.36 bits per heavy atom. The van der Waals surface area contributed by atoms with Crippen molar-refractivity contribution >= 4 is 5.91 Å². The number of methoxy groups -OCH3 is 1. The van der Waals surface area contributed by atoms with E-state index >= 15 is 0 Å². The van der Waals surface area contributed by atoms with Gasteiger partial charge in [-0.3, -0.25) is 4.79 Å². The summed E-state index contributed by atoms with van der Waals surface area (Å²) >= 11 is 0. The SMILES string of the molecule is COc1cccc(-c2cnc(CCC(=O)NC(C)(C)C)o2)c1. The van der Waals surface area contributed by atoms with Crippen LogP contribution in [0, 0.1) is 0 Å². The van der Waals surface area contributed by atoms with Crippen LogP contribution in [0.15, 0.2) is 34.9 Å². The van der Waals surface area contributed by atoms with Gasteiger partial charge in [0.2, 0.25) is 5.91 Å². The molecule has 1 aromatic carbocycles. The van der Waals surface area contributed by atoms with Crippen molar-refractivity contribution in [2.75, 3.05) is 7.11 Å². The van der Waals surface area contributed by atoms with Crippen LogP contribution in [0.25, 0.3) is 11.3 Å². The number of nitrogens with zero attached hydrogens (tertiary/aromatic N) is 1. The number of hydrogen-bond acceptors (Lipinski definition) is 4. The van der Waals surface area contributed by atoms with Crippen molar-refractivity contribution in [1.29, 1.82) is 0 Å². The van der Waals surface area contributed by atoms with Crippen LogP contribution in [-0.2, 0) is 11.2 Å². The number of benzene rings is 1. The summed E-state index contributed by atoms with van der Waals surface area (Å²) in [6, 6.07) is 7.58. The molecule has 0 unspecified atom stereocenters. The van der Waals surface area contributed by atoms with Gasteiger partial charge in [0.15, 0.2) is 11.7 Å². The Morgan fingerprint density at radius 2 is 2.14 bits per heavy atom. The van der Waals surface area contributed by atoms with Gasteiger partial charge in [-0.05, 0) is 32.9 Å². The lowest BCUT2D eigenvalue weighted by molar-refractivity contribution is -0.122. The maximum Gasteiger partial charge on any atom is 0.220 e. The zero-order valence-corrected chi connectivity index (χ0v) is 13.5. The molecule has 0 aliphatic rings. The summed E-state index contributed by atoms with van der Waals surface area (Å²) in [6.45, 7) is 5.87. The number of rotatable bonds is 5. The van der Waals surface area contributed by atoms with Crippen LogP contribution in [-0.4, -0.2) is 23.5 Å². The quantitative estimate of drug-likeness (QED) is 0.921. The molecule has 2 aromatic rings. The van der Waals surface area contributed by atoms with Gasteiger partial charge < -0.3 is 14.5 Å². The van der Waals surface area contributed by atoms with Crippen molar-refractivity contribution < 1.29 is 13.9 Å². The Labute approximate surface area is 130 Å². The van der Waals surface area contributed by atoms with Crippen molar-refractivity contribution in [3.8, 4) is 17.1 Å². The minimum absolute atomic E-state index is 0.00590. The van der Waals surface area contributed by atoms with Gasteiger partial charge in [-0.25, -0.2) is 4.98 Å². The average Bonchev–Trinajstić information content (AvgIpc) is 2.92. The highest BCUT2D eigenvalue weighted by Crippen LogP contribution is 2.24. The maximum atomic E-state index is 11.8. The predicted octanol–water partition coefficient (Wildman–Crippen LogP) is 3.20. The third-order valence-corrected chi connectivity index (χ3v) is 2.99. The summed E-state index contributed by atoms with van der Waals surface area (Å²) in [6.07, 6.45) is 2.51. The molecule has 2 rings (SSSR count). The summed E-state index contributed by atoms with van der Waals surface area (Å²) in [4.78, 5) is 16.0. The molecule has 118 valence electrons. The van der Waals surface area contributed by atoms with Crippen molar-refractivity contribution in [1.82, 2.24) is 10.3 Å². The fourth-order valence-corrected chi connectivity index (χ4v) is 2.04. The van der Waals surface area contributed by atoms with E-state index < -0.39 is 0 Å². The monoisotopic (exact) mass is 302 g/mol. The number of oxazole rings is 1. The van der Waals surface area contributed by atoms with Crippen LogP contribution in [0.4, 0.5) is 0 Å². The molecule has 1 amide bonds. The maximum absolute atomic E-state index is 11.8. The number of amides is 1. The normalized spacial score (nSPS) is 11.3. The first-order valence-electron chi connectivity index (χ1n) is 7.27. The zero-order valence-electron chi connectivity index (χ0n) is 13.5. The van der Waals surface area contributed by atoms with E-state index in [-0.39, 0.29) is 11.4 Å². The van der Waals surface area contributed by atoms with E-state index in [9.17, 15) is 4.79 Å². The van der Waals surface area contributed by atoms with Crippen molar-refractivity contribution in [2.24, 2.45) is 0 Å². The smallest absolute Gasteiger partial charge is 0.220 e. The highest BCUT2D eigenvalue weighted by molar-refractivity contribution is 5.76. The zero-order chi connectivity index (χ0) is 16.2. The molecule has 1 aromatic heterocycles. The van der Waals surface area contributed by atoms with Gasteiger partial charge >= 0.3 is 0 Å². The van der Waals surface area contributed by atoms with E-state index in [1.165, 1.54) is 0 Å². The van der Waals surface area contributed by atoms with Crippen LogP contribution < -0.4 is 10.1 Å². The van der Waals surface area contributed by atoms with E-state index in [1.54, 1.807) is 13.3 Å². The van der Waals surface area contributed by atoms with E-state index in [4.69, 9.17) is 9.15 Å². The molecule has 0 saturated heterocycles. The first-order chi connectivity index (χ1) is 10.4. The summed E-state index contributed by atoms with van der Waals surface area (Å²) < 4.78 is 10.9. The number of hydrogen-bond donors (Lipinski definition) is 1. The van der Waals surface area contributed by atoms with Crippen LogP contribution in [0.1, 0.15) is 33.1 Å². The molecule has 0 radical (unpaired) electrons. The molecule has 5 heteroatoms. The van der Waals surface area contributed by atoms with Gasteiger partial charge in [-0.15, -0.1) is 0 Å². The summed E-state index contributed by atoms with van der Waals surface area (Å²) in [5.74, 6) is 1.99. The van der Waals surface area contributed by atoms with Crippen molar-refractivity contribution in [3.05, 3.63) is 36.4 Å². The number of carbonyl (C=O) groups excluding carboxylic acids is 1. The minimum atomic E-state index is -0.223. The van der Waals surface area contributed by atoms with Gasteiger partial charge in [0.1, 0.15) is 5.75 Å². The lowest BCUT2D eigenvalue weighted by atomic mass is 10.1. The number of aromatic nitrogens is 1. The van der Waals surface area contributed by atoms with E-state index in [2.05, 4.69) is 10.3 Å². The Morgan fingerprint density at radius 3 is 2.82 bits per heavy atom. The lowest BCUT2D eigenvalue weighted by Gasteiger charge is -2.20. The molecule has 22 heavy (non-hydrogen) atoms. The molecule has 0 aliphatic heterocycles. The predicted molar refractivity (Wildman–Crippen MR) is 84.7 cm³/mol. The molecule has 0 saturated carbocycles. The van der Waals surface area contributed by atoms with E-state index in [0.29, 0.717) is 24.5 Å². The van der Waals surface area contributed by atoms with Gasteiger partial charge in [-0.2, -0.15) is 0 Å². The largest absolute Gasteiger partial charge is 0.497 e. The molecule has 1 heterocycles. The molecule has 0 fully saturated rings. The Kier molecular flexibility index (Phi) is 4.85. The van der Waals surface area contributed by atoms with E-state index in [1.807, 2.05) is 45.0 Å². The average molecular weight is 302 g/mol. The lowest BCUT2D eigenvalue weighted by Crippen LogP contribution is -2.40. The standard InChI is InChI=1S/C17H22N2O3/c1-17(2,3)19-15(20)8-9-16-18-11-14(22-16)12-6-5-7-13(10-12)21-4/h5-7,10-11H,8-9H2,1-4H3,(H,19,20).